The largest absolute Gasteiger partial charge is 0.339 e. The summed E-state index contributed by atoms with van der Waals surface area (Å²) in [7, 11) is -3.91. The van der Waals surface area contributed by atoms with Crippen LogP contribution in [-0.4, -0.2) is 31.0 Å². The molecule has 2 aromatic heterocycles. The summed E-state index contributed by atoms with van der Waals surface area (Å²) in [6.45, 7) is 1.12. The highest BCUT2D eigenvalue weighted by atomic mass is 32.2. The third-order valence-electron chi connectivity index (χ3n) is 4.87. The molecule has 30 heavy (non-hydrogen) atoms. The molecule has 0 atom stereocenters. The number of thiophene rings is 1. The smallest absolute Gasteiger partial charge is 0.250 e. The number of hydrogen-bond acceptors (Lipinski definition) is 7. The molecular formula is C19H19FN4O4S2. The first-order valence-electron chi connectivity index (χ1n) is 9.30. The Kier molecular flexibility index (Phi) is 5.67. The van der Waals surface area contributed by atoms with Crippen LogP contribution in [0.3, 0.4) is 0 Å². The van der Waals surface area contributed by atoms with Crippen LogP contribution in [0.25, 0.3) is 11.4 Å². The van der Waals surface area contributed by atoms with E-state index in [4.69, 9.17) is 4.52 Å². The minimum atomic E-state index is -3.91. The van der Waals surface area contributed by atoms with Crippen molar-refractivity contribution in [1.29, 1.82) is 0 Å². The molecule has 0 bridgehead atoms. The number of nitrogens with zero attached hydrogens (tertiary/aromatic N) is 2. The average molecular weight is 451 g/mol. The van der Waals surface area contributed by atoms with Gasteiger partial charge in [0.1, 0.15) is 10.0 Å². The Labute approximate surface area is 176 Å². The molecule has 1 fully saturated rings. The number of carbonyl (C=O) groups is 1. The summed E-state index contributed by atoms with van der Waals surface area (Å²) in [5.74, 6) is 0.140. The number of nitrogens with one attached hydrogen (secondary N) is 2. The lowest BCUT2D eigenvalue weighted by atomic mass is 9.85. The number of carbonyl (C=O) groups excluding carboxylic acids is 1. The van der Waals surface area contributed by atoms with Gasteiger partial charge in [-0.3, -0.25) is 4.79 Å². The number of rotatable bonds is 7. The minimum Gasteiger partial charge on any atom is -0.339 e. The first kappa shape index (κ1) is 20.6. The molecule has 2 N–H and O–H groups in total. The highest BCUT2D eigenvalue weighted by Crippen LogP contribution is 2.36. The van der Waals surface area contributed by atoms with Crippen molar-refractivity contribution in [2.24, 2.45) is 0 Å². The molecule has 1 aromatic carbocycles. The molecular weight excluding hydrogens is 431 g/mol. The molecule has 0 saturated heterocycles. The van der Waals surface area contributed by atoms with Crippen molar-refractivity contribution >= 4 is 33.0 Å². The van der Waals surface area contributed by atoms with Gasteiger partial charge in [-0.15, -0.1) is 11.3 Å². The Morgan fingerprint density at radius 2 is 2.13 bits per heavy atom. The second kappa shape index (κ2) is 8.25. The van der Waals surface area contributed by atoms with Crippen molar-refractivity contribution in [3.63, 3.8) is 0 Å². The number of aromatic nitrogens is 2. The van der Waals surface area contributed by atoms with Gasteiger partial charge in [0.25, 0.3) is 10.0 Å². The standard InChI is InChI=1S/C19H19FN4O4S2/c1-11-5-6-14(8-15(11)20)22-16(25)9-21-30(26,27)17-7-13(10-29-17)18-23-19(28-24-18)12-3-2-4-12/h5-8,10,12,21H,2-4,9H2,1H3,(H,22,25). The summed E-state index contributed by atoms with van der Waals surface area (Å²) >= 11 is 0.994. The molecule has 1 aliphatic rings. The number of hydrogen-bond donors (Lipinski definition) is 2. The zero-order valence-electron chi connectivity index (χ0n) is 16.0. The molecule has 0 aliphatic heterocycles. The highest BCUT2D eigenvalue weighted by Gasteiger charge is 2.26. The molecule has 1 saturated carbocycles. The SMILES string of the molecule is Cc1ccc(NC(=O)CNS(=O)(=O)c2cc(-c3noc(C4CCC4)n3)cs2)cc1F. The van der Waals surface area contributed by atoms with Crippen molar-refractivity contribution < 1.29 is 22.1 Å². The van der Waals surface area contributed by atoms with E-state index in [1.54, 1.807) is 18.4 Å². The number of aryl methyl sites for hydroxylation is 1. The van der Waals surface area contributed by atoms with Gasteiger partial charge in [-0.1, -0.05) is 17.6 Å². The van der Waals surface area contributed by atoms with Crippen molar-refractivity contribution in [3.05, 3.63) is 46.9 Å². The number of halogens is 1. The molecule has 0 spiro atoms. The number of anilines is 1. The summed E-state index contributed by atoms with van der Waals surface area (Å²) in [5.41, 5.74) is 1.23. The third-order valence-corrected chi connectivity index (χ3v) is 7.71. The second-order valence-corrected chi connectivity index (χ2v) is 9.98. The molecule has 0 unspecified atom stereocenters. The van der Waals surface area contributed by atoms with E-state index in [1.807, 2.05) is 0 Å². The molecule has 1 aliphatic carbocycles. The van der Waals surface area contributed by atoms with E-state index >= 15 is 0 Å². The lowest BCUT2D eigenvalue weighted by Crippen LogP contribution is -2.32. The maximum Gasteiger partial charge on any atom is 0.250 e. The van der Waals surface area contributed by atoms with Crippen LogP contribution in [0.2, 0.25) is 0 Å². The highest BCUT2D eigenvalue weighted by molar-refractivity contribution is 7.91. The quantitative estimate of drug-likeness (QED) is 0.570. The van der Waals surface area contributed by atoms with Gasteiger partial charge in [0.2, 0.25) is 17.6 Å². The molecule has 0 radical (unpaired) electrons. The number of sulfonamides is 1. The van der Waals surface area contributed by atoms with Gasteiger partial charge in [-0.25, -0.2) is 17.5 Å². The maximum atomic E-state index is 13.6. The van der Waals surface area contributed by atoms with Crippen LogP contribution in [0.4, 0.5) is 10.1 Å². The van der Waals surface area contributed by atoms with E-state index < -0.39 is 28.3 Å². The lowest BCUT2D eigenvalue weighted by molar-refractivity contribution is -0.115. The van der Waals surface area contributed by atoms with Gasteiger partial charge in [-0.2, -0.15) is 4.98 Å². The predicted molar refractivity (Wildman–Crippen MR) is 109 cm³/mol. The monoisotopic (exact) mass is 450 g/mol. The van der Waals surface area contributed by atoms with E-state index in [1.165, 1.54) is 18.2 Å². The first-order chi connectivity index (χ1) is 14.3. The van der Waals surface area contributed by atoms with Crippen LogP contribution in [0, 0.1) is 12.7 Å². The van der Waals surface area contributed by atoms with Crippen LogP contribution in [0.5, 0.6) is 0 Å². The normalized spacial score (nSPS) is 14.5. The Bertz CT molecular complexity index is 1180. The Balaban J connectivity index is 1.38. The fourth-order valence-corrected chi connectivity index (χ4v) is 5.04. The molecule has 8 nitrogen and oxygen atoms in total. The fourth-order valence-electron chi connectivity index (χ4n) is 2.86. The third kappa shape index (κ3) is 4.42. The van der Waals surface area contributed by atoms with Crippen molar-refractivity contribution in [3.8, 4) is 11.4 Å². The lowest BCUT2D eigenvalue weighted by Gasteiger charge is -2.20. The van der Waals surface area contributed by atoms with Crippen LogP contribution in [0.15, 0.2) is 38.4 Å². The Morgan fingerprint density at radius 1 is 1.33 bits per heavy atom. The van der Waals surface area contributed by atoms with Crippen molar-refractivity contribution in [2.45, 2.75) is 36.3 Å². The summed E-state index contributed by atoms with van der Waals surface area (Å²) in [6.07, 6.45) is 3.18. The van der Waals surface area contributed by atoms with Gasteiger partial charge >= 0.3 is 0 Å². The van der Waals surface area contributed by atoms with Crippen LogP contribution >= 0.6 is 11.3 Å². The van der Waals surface area contributed by atoms with Gasteiger partial charge in [0, 0.05) is 22.5 Å². The van der Waals surface area contributed by atoms with Crippen molar-refractivity contribution in [2.75, 3.05) is 11.9 Å². The minimum absolute atomic E-state index is 0.0293. The zero-order valence-corrected chi connectivity index (χ0v) is 17.6. The number of amides is 1. The molecule has 158 valence electrons. The molecule has 2 heterocycles. The van der Waals surface area contributed by atoms with Crippen molar-refractivity contribution in [1.82, 2.24) is 14.9 Å². The Hall–Kier alpha value is -2.63. The first-order valence-corrected chi connectivity index (χ1v) is 11.7. The van der Waals surface area contributed by atoms with E-state index in [9.17, 15) is 17.6 Å². The molecule has 4 rings (SSSR count). The second-order valence-electron chi connectivity index (χ2n) is 7.08. The summed E-state index contributed by atoms with van der Waals surface area (Å²) in [6, 6.07) is 5.68. The molecule has 1 amide bonds. The molecule has 3 aromatic rings. The average Bonchev–Trinajstić information content (AvgIpc) is 3.32. The summed E-state index contributed by atoms with van der Waals surface area (Å²) < 4.78 is 46.1. The fraction of sp³-hybridized carbons (Fsp3) is 0.316. The Morgan fingerprint density at radius 3 is 2.83 bits per heavy atom. The maximum absolute atomic E-state index is 13.6. The van der Waals surface area contributed by atoms with Gasteiger partial charge in [0.15, 0.2) is 0 Å². The summed E-state index contributed by atoms with van der Waals surface area (Å²) in [4.78, 5) is 16.4. The van der Waals surface area contributed by atoms with E-state index in [2.05, 4.69) is 20.2 Å². The van der Waals surface area contributed by atoms with Crippen LogP contribution in [-0.2, 0) is 14.8 Å². The zero-order chi connectivity index (χ0) is 21.3. The van der Waals surface area contributed by atoms with Crippen LogP contribution in [0.1, 0.15) is 36.6 Å². The topological polar surface area (TPSA) is 114 Å². The van der Waals surface area contributed by atoms with Crippen LogP contribution < -0.4 is 10.0 Å². The predicted octanol–water partition coefficient (Wildman–Crippen LogP) is 3.43. The van der Waals surface area contributed by atoms with E-state index in [-0.39, 0.29) is 15.8 Å². The molecule has 11 heteroatoms. The van der Waals surface area contributed by atoms with Gasteiger partial charge in [0.05, 0.1) is 6.54 Å². The number of benzene rings is 1. The summed E-state index contributed by atoms with van der Waals surface area (Å²) in [5, 5.41) is 8.01. The van der Waals surface area contributed by atoms with Gasteiger partial charge in [-0.05, 0) is 43.5 Å². The van der Waals surface area contributed by atoms with Gasteiger partial charge < -0.3 is 9.84 Å². The van der Waals surface area contributed by atoms with E-state index in [0.29, 0.717) is 22.8 Å². The van der Waals surface area contributed by atoms with E-state index in [0.717, 1.165) is 30.6 Å².